The van der Waals surface area contributed by atoms with Gasteiger partial charge in [-0.3, -0.25) is 14.9 Å². The first-order valence-electron chi connectivity index (χ1n) is 4.73. The summed E-state index contributed by atoms with van der Waals surface area (Å²) < 4.78 is 0. The summed E-state index contributed by atoms with van der Waals surface area (Å²) in [7, 11) is 1.51. The van der Waals surface area contributed by atoms with Crippen molar-refractivity contribution >= 4 is 29.0 Å². The maximum Gasteiger partial charge on any atom is 0.289 e. The molecule has 0 aliphatic heterocycles. The molecular formula is C9H11ClN4O3. The topological polar surface area (TPSA) is 97.2 Å². The van der Waals surface area contributed by atoms with Gasteiger partial charge in [0.15, 0.2) is 0 Å². The first-order chi connectivity index (χ1) is 7.95. The number of hydrogen-bond acceptors (Lipinski definition) is 5. The van der Waals surface area contributed by atoms with Gasteiger partial charge in [0.1, 0.15) is 18.1 Å². The van der Waals surface area contributed by atoms with Crippen LogP contribution in [0, 0.1) is 10.1 Å². The van der Waals surface area contributed by atoms with Gasteiger partial charge in [0.25, 0.3) is 5.69 Å². The maximum atomic E-state index is 11.2. The summed E-state index contributed by atoms with van der Waals surface area (Å²) in [5, 5.41) is 15.8. The van der Waals surface area contributed by atoms with Gasteiger partial charge >= 0.3 is 0 Å². The second-order valence-electron chi connectivity index (χ2n) is 3.26. The molecule has 1 atom stereocenters. The van der Waals surface area contributed by atoms with E-state index in [1.165, 1.54) is 13.1 Å². The highest BCUT2D eigenvalue weighted by Crippen LogP contribution is 2.24. The fourth-order valence-electron chi connectivity index (χ4n) is 1.12. The van der Waals surface area contributed by atoms with Crippen molar-refractivity contribution in [3.63, 3.8) is 0 Å². The number of pyridine rings is 1. The molecule has 1 rings (SSSR count). The highest BCUT2D eigenvalue weighted by molar-refractivity contribution is 6.33. The number of amides is 1. The van der Waals surface area contributed by atoms with Crippen molar-refractivity contribution in [1.82, 2.24) is 10.3 Å². The molecule has 0 saturated carbocycles. The first kappa shape index (κ1) is 13.2. The van der Waals surface area contributed by atoms with E-state index in [0.717, 1.165) is 6.20 Å². The molecule has 8 heteroatoms. The molecule has 1 aromatic rings. The van der Waals surface area contributed by atoms with E-state index in [4.69, 9.17) is 11.6 Å². The second-order valence-corrected chi connectivity index (χ2v) is 3.67. The van der Waals surface area contributed by atoms with Gasteiger partial charge in [-0.2, -0.15) is 0 Å². The van der Waals surface area contributed by atoms with Crippen LogP contribution in [-0.4, -0.2) is 28.9 Å². The van der Waals surface area contributed by atoms with Crippen molar-refractivity contribution in [2.24, 2.45) is 0 Å². The lowest BCUT2D eigenvalue weighted by Gasteiger charge is -2.13. The van der Waals surface area contributed by atoms with Crippen LogP contribution in [-0.2, 0) is 4.79 Å². The summed E-state index contributed by atoms with van der Waals surface area (Å²) in [6, 6.07) is 0.638. The monoisotopic (exact) mass is 258 g/mol. The molecule has 1 aromatic heterocycles. The molecule has 0 spiro atoms. The Bertz CT molecular complexity index is 452. The third-order valence-corrected chi connectivity index (χ3v) is 2.32. The molecule has 1 heterocycles. The van der Waals surface area contributed by atoms with Crippen LogP contribution in [0.2, 0.25) is 5.02 Å². The van der Waals surface area contributed by atoms with Gasteiger partial charge in [-0.15, -0.1) is 0 Å². The molecule has 0 aliphatic rings. The summed E-state index contributed by atoms with van der Waals surface area (Å²) >= 11 is 5.80. The summed E-state index contributed by atoms with van der Waals surface area (Å²) in [4.78, 5) is 24.9. The molecule has 92 valence electrons. The van der Waals surface area contributed by atoms with E-state index in [1.54, 1.807) is 6.92 Å². The molecule has 0 radical (unpaired) electrons. The van der Waals surface area contributed by atoms with Gasteiger partial charge in [0, 0.05) is 13.1 Å². The Labute approximate surface area is 102 Å². The second kappa shape index (κ2) is 5.44. The van der Waals surface area contributed by atoms with Crippen LogP contribution in [0.25, 0.3) is 0 Å². The minimum Gasteiger partial charge on any atom is -0.357 e. The standard InChI is InChI=1S/C9H11ClN4O3/c1-5(9(15)11-2)13-8-7(10)3-6(4-12-8)14(16)17/h3-5H,1-2H3,(H,11,15)(H,12,13). The zero-order valence-corrected chi connectivity index (χ0v) is 9.99. The molecule has 17 heavy (non-hydrogen) atoms. The molecule has 1 amide bonds. The van der Waals surface area contributed by atoms with Crippen molar-refractivity contribution in [2.75, 3.05) is 12.4 Å². The van der Waals surface area contributed by atoms with Gasteiger partial charge in [0.2, 0.25) is 5.91 Å². The molecule has 2 N–H and O–H groups in total. The van der Waals surface area contributed by atoms with Gasteiger partial charge < -0.3 is 10.6 Å². The van der Waals surface area contributed by atoms with Crippen LogP contribution >= 0.6 is 11.6 Å². The third-order valence-electron chi connectivity index (χ3n) is 2.03. The average molecular weight is 259 g/mol. The van der Waals surface area contributed by atoms with Crippen molar-refractivity contribution in [3.8, 4) is 0 Å². The number of halogens is 1. The number of carbonyl (C=O) groups excluding carboxylic acids is 1. The third kappa shape index (κ3) is 3.28. The zero-order chi connectivity index (χ0) is 13.0. The van der Waals surface area contributed by atoms with Gasteiger partial charge in [-0.05, 0) is 6.92 Å². The van der Waals surface area contributed by atoms with Gasteiger partial charge in [0.05, 0.1) is 9.95 Å². The summed E-state index contributed by atoms with van der Waals surface area (Å²) in [6.45, 7) is 1.62. The van der Waals surface area contributed by atoms with E-state index in [9.17, 15) is 14.9 Å². The van der Waals surface area contributed by atoms with Crippen molar-refractivity contribution in [1.29, 1.82) is 0 Å². The van der Waals surface area contributed by atoms with Gasteiger partial charge in [-0.1, -0.05) is 11.6 Å². The Morgan fingerprint density at radius 3 is 2.76 bits per heavy atom. The molecule has 7 nitrogen and oxygen atoms in total. The molecular weight excluding hydrogens is 248 g/mol. The number of nitro groups is 1. The normalized spacial score (nSPS) is 11.7. The smallest absolute Gasteiger partial charge is 0.289 e. The maximum absolute atomic E-state index is 11.2. The Balaban J connectivity index is 2.86. The van der Waals surface area contributed by atoms with E-state index >= 15 is 0 Å². The largest absolute Gasteiger partial charge is 0.357 e. The lowest BCUT2D eigenvalue weighted by molar-refractivity contribution is -0.385. The molecule has 1 unspecified atom stereocenters. The van der Waals surface area contributed by atoms with E-state index in [-0.39, 0.29) is 22.4 Å². The van der Waals surface area contributed by atoms with Crippen molar-refractivity contribution in [3.05, 3.63) is 27.4 Å². The van der Waals surface area contributed by atoms with Crippen molar-refractivity contribution in [2.45, 2.75) is 13.0 Å². The van der Waals surface area contributed by atoms with E-state index in [2.05, 4.69) is 15.6 Å². The van der Waals surface area contributed by atoms with E-state index in [0.29, 0.717) is 0 Å². The number of anilines is 1. The molecule has 0 bridgehead atoms. The van der Waals surface area contributed by atoms with Crippen LogP contribution in [0.5, 0.6) is 0 Å². The average Bonchev–Trinajstić information content (AvgIpc) is 2.30. The number of nitrogens with zero attached hydrogens (tertiary/aromatic N) is 2. The van der Waals surface area contributed by atoms with Crippen LogP contribution in [0.4, 0.5) is 11.5 Å². The predicted molar refractivity (Wildman–Crippen MR) is 63.1 cm³/mol. The fraction of sp³-hybridized carbons (Fsp3) is 0.333. The van der Waals surface area contributed by atoms with Gasteiger partial charge in [-0.25, -0.2) is 4.98 Å². The molecule has 0 aliphatic carbocycles. The number of likely N-dealkylation sites (N-methyl/N-ethyl adjacent to an activating group) is 1. The van der Waals surface area contributed by atoms with E-state index < -0.39 is 11.0 Å². The number of rotatable bonds is 4. The molecule has 0 aromatic carbocycles. The number of nitrogens with one attached hydrogen (secondary N) is 2. The summed E-state index contributed by atoms with van der Waals surface area (Å²) in [6.07, 6.45) is 1.07. The van der Waals surface area contributed by atoms with E-state index in [1.807, 2.05) is 0 Å². The van der Waals surface area contributed by atoms with Crippen molar-refractivity contribution < 1.29 is 9.72 Å². The molecule has 0 saturated heterocycles. The van der Waals surface area contributed by atoms with Crippen LogP contribution in [0.1, 0.15) is 6.92 Å². The first-order valence-corrected chi connectivity index (χ1v) is 5.11. The highest BCUT2D eigenvalue weighted by Gasteiger charge is 2.15. The van der Waals surface area contributed by atoms with Crippen LogP contribution in [0.3, 0.4) is 0 Å². The number of hydrogen-bond donors (Lipinski definition) is 2. The lowest BCUT2D eigenvalue weighted by Crippen LogP contribution is -2.35. The Morgan fingerprint density at radius 2 is 2.29 bits per heavy atom. The lowest BCUT2D eigenvalue weighted by atomic mass is 10.3. The number of carbonyl (C=O) groups is 1. The molecule has 0 fully saturated rings. The quantitative estimate of drug-likeness (QED) is 0.624. The van der Waals surface area contributed by atoms with Crippen LogP contribution < -0.4 is 10.6 Å². The SMILES string of the molecule is CNC(=O)C(C)Nc1ncc([N+](=O)[O-])cc1Cl. The minimum absolute atomic E-state index is 0.0925. The highest BCUT2D eigenvalue weighted by atomic mass is 35.5. The summed E-state index contributed by atoms with van der Waals surface area (Å²) in [5.74, 6) is -0.00501. The Hall–Kier alpha value is -1.89. The number of aromatic nitrogens is 1. The minimum atomic E-state index is -0.592. The Kier molecular flexibility index (Phi) is 4.22. The Morgan fingerprint density at radius 1 is 1.65 bits per heavy atom. The van der Waals surface area contributed by atoms with Crippen LogP contribution in [0.15, 0.2) is 12.3 Å². The predicted octanol–water partition coefficient (Wildman–Crippen LogP) is 1.19. The summed E-state index contributed by atoms with van der Waals surface area (Å²) in [5.41, 5.74) is -0.201. The zero-order valence-electron chi connectivity index (χ0n) is 9.23. The fourth-order valence-corrected chi connectivity index (χ4v) is 1.34.